The number of fused-ring (bicyclic) bond motifs is 1. The van der Waals surface area contributed by atoms with E-state index in [4.69, 9.17) is 9.15 Å². The topological polar surface area (TPSA) is 58.0 Å². The Hall–Kier alpha value is -3.77. The summed E-state index contributed by atoms with van der Waals surface area (Å²) >= 11 is 0. The van der Waals surface area contributed by atoms with Crippen LogP contribution in [0.15, 0.2) is 83.5 Å². The highest BCUT2D eigenvalue weighted by Crippen LogP contribution is 2.26. The van der Waals surface area contributed by atoms with Crippen molar-refractivity contribution in [2.75, 3.05) is 43.5 Å². The van der Waals surface area contributed by atoms with Crippen LogP contribution in [0.5, 0.6) is 5.75 Å². The highest BCUT2D eigenvalue weighted by molar-refractivity contribution is 5.95. The fourth-order valence-electron chi connectivity index (χ4n) is 4.47. The summed E-state index contributed by atoms with van der Waals surface area (Å²) in [7, 11) is 1.62. The first-order chi connectivity index (χ1) is 16.7. The maximum atomic E-state index is 12.6. The molecule has 3 aromatic carbocycles. The molecule has 174 valence electrons. The van der Waals surface area contributed by atoms with Gasteiger partial charge in [0.2, 0.25) is 5.91 Å². The number of nitrogens with zero attached hydrogens (tertiary/aromatic N) is 2. The molecule has 6 nitrogen and oxygen atoms in total. The van der Waals surface area contributed by atoms with E-state index in [0.29, 0.717) is 0 Å². The fourth-order valence-corrected chi connectivity index (χ4v) is 4.47. The van der Waals surface area contributed by atoms with Gasteiger partial charge < -0.3 is 19.4 Å². The molecule has 1 fully saturated rings. The zero-order valence-corrected chi connectivity index (χ0v) is 19.4. The van der Waals surface area contributed by atoms with Crippen molar-refractivity contribution in [2.45, 2.75) is 13.0 Å². The molecule has 0 radical (unpaired) electrons. The Kier molecular flexibility index (Phi) is 6.49. The summed E-state index contributed by atoms with van der Waals surface area (Å²) in [6.45, 7) is 5.07. The SMILES string of the molecule is COc1ccc2c(CC(=O)Nc3ccc(N4CCN(Cc5ccccc5)CC4)cc3)coc2c1. The van der Waals surface area contributed by atoms with Crippen LogP contribution in [0.4, 0.5) is 11.4 Å². The van der Waals surface area contributed by atoms with Gasteiger partial charge in [0.25, 0.3) is 0 Å². The van der Waals surface area contributed by atoms with Gasteiger partial charge in [0.05, 0.1) is 19.8 Å². The molecule has 0 unspecified atom stereocenters. The second kappa shape index (κ2) is 10.0. The molecule has 0 bridgehead atoms. The zero-order valence-electron chi connectivity index (χ0n) is 19.4. The summed E-state index contributed by atoms with van der Waals surface area (Å²) in [6, 6.07) is 24.4. The van der Waals surface area contributed by atoms with E-state index in [1.165, 1.54) is 11.3 Å². The lowest BCUT2D eigenvalue weighted by molar-refractivity contribution is -0.115. The Morgan fingerprint density at radius 1 is 0.971 bits per heavy atom. The average molecular weight is 456 g/mol. The van der Waals surface area contributed by atoms with Crippen molar-refractivity contribution < 1.29 is 13.9 Å². The molecule has 1 amide bonds. The first kappa shape index (κ1) is 22.0. The minimum Gasteiger partial charge on any atom is -0.497 e. The molecule has 0 saturated carbocycles. The molecule has 1 aliphatic rings. The molecular formula is C28H29N3O3. The van der Waals surface area contributed by atoms with Crippen molar-refractivity contribution in [3.63, 3.8) is 0 Å². The minimum absolute atomic E-state index is 0.0687. The van der Waals surface area contributed by atoms with Gasteiger partial charge in [-0.3, -0.25) is 9.69 Å². The van der Waals surface area contributed by atoms with Gasteiger partial charge in [0.1, 0.15) is 11.3 Å². The van der Waals surface area contributed by atoms with Crippen LogP contribution in [-0.4, -0.2) is 44.1 Å². The number of carbonyl (C=O) groups excluding carboxylic acids is 1. The van der Waals surface area contributed by atoms with E-state index in [2.05, 4.69) is 57.6 Å². The predicted molar refractivity (Wildman–Crippen MR) is 135 cm³/mol. The summed E-state index contributed by atoms with van der Waals surface area (Å²) < 4.78 is 10.8. The van der Waals surface area contributed by atoms with Crippen molar-refractivity contribution in [3.05, 3.63) is 90.2 Å². The zero-order chi connectivity index (χ0) is 23.3. The number of furan rings is 1. The van der Waals surface area contributed by atoms with E-state index < -0.39 is 0 Å². The van der Waals surface area contributed by atoms with Crippen LogP contribution < -0.4 is 15.0 Å². The Morgan fingerprint density at radius 3 is 2.47 bits per heavy atom. The van der Waals surface area contributed by atoms with Gasteiger partial charge in [-0.15, -0.1) is 0 Å². The lowest BCUT2D eigenvalue weighted by Gasteiger charge is -2.36. The maximum absolute atomic E-state index is 12.6. The molecule has 4 aromatic rings. The van der Waals surface area contributed by atoms with Crippen LogP contribution in [-0.2, 0) is 17.8 Å². The monoisotopic (exact) mass is 455 g/mol. The Balaban J connectivity index is 1.14. The third-order valence-electron chi connectivity index (χ3n) is 6.35. The molecular weight excluding hydrogens is 426 g/mol. The van der Waals surface area contributed by atoms with E-state index in [0.717, 1.165) is 60.7 Å². The van der Waals surface area contributed by atoms with Crippen LogP contribution >= 0.6 is 0 Å². The molecule has 1 saturated heterocycles. The van der Waals surface area contributed by atoms with Gasteiger partial charge in [0.15, 0.2) is 0 Å². The molecule has 0 spiro atoms. The molecule has 34 heavy (non-hydrogen) atoms. The number of benzene rings is 3. The van der Waals surface area contributed by atoms with E-state index >= 15 is 0 Å². The predicted octanol–water partition coefficient (Wildman–Crippen LogP) is 4.94. The number of hydrogen-bond acceptors (Lipinski definition) is 5. The van der Waals surface area contributed by atoms with Crippen LogP contribution in [0.1, 0.15) is 11.1 Å². The number of methoxy groups -OCH3 is 1. The molecule has 1 aliphatic heterocycles. The third kappa shape index (κ3) is 5.07. The number of piperazine rings is 1. The van der Waals surface area contributed by atoms with Crippen LogP contribution in [0.3, 0.4) is 0 Å². The smallest absolute Gasteiger partial charge is 0.228 e. The van der Waals surface area contributed by atoms with Crippen LogP contribution in [0.2, 0.25) is 0 Å². The second-order valence-electron chi connectivity index (χ2n) is 8.64. The fraction of sp³-hybridized carbons (Fsp3) is 0.250. The molecule has 1 N–H and O–H groups in total. The number of nitrogens with one attached hydrogen (secondary N) is 1. The largest absolute Gasteiger partial charge is 0.497 e. The molecule has 0 aliphatic carbocycles. The second-order valence-corrected chi connectivity index (χ2v) is 8.64. The summed E-state index contributed by atoms with van der Waals surface area (Å²) in [4.78, 5) is 17.5. The van der Waals surface area contributed by atoms with Crippen LogP contribution in [0.25, 0.3) is 11.0 Å². The van der Waals surface area contributed by atoms with Gasteiger partial charge >= 0.3 is 0 Å². The lowest BCUT2D eigenvalue weighted by Crippen LogP contribution is -2.45. The third-order valence-corrected chi connectivity index (χ3v) is 6.35. The molecule has 5 rings (SSSR count). The van der Waals surface area contributed by atoms with Gasteiger partial charge in [-0.05, 0) is 42.0 Å². The summed E-state index contributed by atoms with van der Waals surface area (Å²) in [6.07, 6.45) is 1.90. The van der Waals surface area contributed by atoms with Crippen LogP contribution in [0, 0.1) is 0 Å². The van der Waals surface area contributed by atoms with E-state index in [-0.39, 0.29) is 12.3 Å². The quantitative estimate of drug-likeness (QED) is 0.428. The first-order valence-electron chi connectivity index (χ1n) is 11.6. The lowest BCUT2D eigenvalue weighted by atomic mass is 10.1. The number of amides is 1. The Labute approximate surface area is 199 Å². The van der Waals surface area contributed by atoms with Gasteiger partial charge in [-0.1, -0.05) is 30.3 Å². The van der Waals surface area contributed by atoms with Crippen molar-refractivity contribution >= 4 is 28.3 Å². The van der Waals surface area contributed by atoms with Crippen molar-refractivity contribution in [1.29, 1.82) is 0 Å². The van der Waals surface area contributed by atoms with E-state index in [9.17, 15) is 4.79 Å². The standard InChI is InChI=1S/C28H29N3O3/c1-33-25-11-12-26-22(20-34-27(26)18-25)17-28(32)29-23-7-9-24(10-8-23)31-15-13-30(14-16-31)19-21-5-3-2-4-6-21/h2-12,18,20H,13-17,19H2,1H3,(H,29,32). The summed E-state index contributed by atoms with van der Waals surface area (Å²) in [5, 5.41) is 3.93. The molecule has 2 heterocycles. The highest BCUT2D eigenvalue weighted by Gasteiger charge is 2.17. The Bertz CT molecular complexity index is 1240. The van der Waals surface area contributed by atoms with Gasteiger partial charge in [0, 0.05) is 61.1 Å². The van der Waals surface area contributed by atoms with E-state index in [1.54, 1.807) is 13.4 Å². The average Bonchev–Trinajstić information content (AvgIpc) is 3.27. The Morgan fingerprint density at radius 2 is 1.74 bits per heavy atom. The van der Waals surface area contributed by atoms with Crippen molar-refractivity contribution in [1.82, 2.24) is 4.90 Å². The summed E-state index contributed by atoms with van der Waals surface area (Å²) in [5.41, 5.74) is 4.92. The first-order valence-corrected chi connectivity index (χ1v) is 11.6. The maximum Gasteiger partial charge on any atom is 0.228 e. The number of hydrogen-bond donors (Lipinski definition) is 1. The molecule has 6 heteroatoms. The normalized spacial score (nSPS) is 14.3. The van der Waals surface area contributed by atoms with E-state index in [1.807, 2.05) is 30.3 Å². The molecule has 1 aromatic heterocycles. The highest BCUT2D eigenvalue weighted by atomic mass is 16.5. The molecule has 0 atom stereocenters. The number of anilines is 2. The minimum atomic E-state index is -0.0687. The number of rotatable bonds is 7. The van der Waals surface area contributed by atoms with Gasteiger partial charge in [-0.2, -0.15) is 0 Å². The van der Waals surface area contributed by atoms with Crippen molar-refractivity contribution in [3.8, 4) is 5.75 Å². The van der Waals surface area contributed by atoms with Crippen molar-refractivity contribution in [2.24, 2.45) is 0 Å². The number of ether oxygens (including phenoxy) is 1. The van der Waals surface area contributed by atoms with Gasteiger partial charge in [-0.25, -0.2) is 0 Å². The number of carbonyl (C=O) groups is 1. The summed E-state index contributed by atoms with van der Waals surface area (Å²) in [5.74, 6) is 0.663.